The van der Waals surface area contributed by atoms with E-state index in [0.29, 0.717) is 37.2 Å². The highest BCUT2D eigenvalue weighted by Gasteiger charge is 2.41. The fourth-order valence-corrected chi connectivity index (χ4v) is 4.28. The summed E-state index contributed by atoms with van der Waals surface area (Å²) in [4.78, 5) is 26.6. The molecule has 6 nitrogen and oxygen atoms in total. The standard InChI is InChI=1S/C22H22F4N4O2/c23-14-2-4-18-15(10-14)19(31)11-21(29-18)5-7-30(8-6-21)20(32)28-12-13-1-3-17(27)16(9-13)22(24,25)26/h1-4,9-10,29H,5-8,11-12,27H2,(H,28,32). The lowest BCUT2D eigenvalue weighted by Gasteiger charge is -2.45. The second kappa shape index (κ2) is 7.99. The first-order valence-corrected chi connectivity index (χ1v) is 10.2. The normalized spacial score (nSPS) is 17.6. The number of nitrogens with two attached hydrogens (primary N) is 1. The number of nitrogen functional groups attached to an aromatic ring is 1. The number of carbonyl (C=O) groups excluding carboxylic acids is 2. The van der Waals surface area contributed by atoms with Crippen molar-refractivity contribution in [1.82, 2.24) is 10.2 Å². The third-order valence-corrected chi connectivity index (χ3v) is 6.06. The number of benzene rings is 2. The predicted molar refractivity (Wildman–Crippen MR) is 111 cm³/mol. The Balaban J connectivity index is 1.35. The smallest absolute Gasteiger partial charge is 0.398 e. The summed E-state index contributed by atoms with van der Waals surface area (Å²) in [5.74, 6) is -0.607. The molecule has 0 atom stereocenters. The number of ketones is 1. The van der Waals surface area contributed by atoms with Gasteiger partial charge in [-0.3, -0.25) is 4.79 Å². The van der Waals surface area contributed by atoms with Crippen molar-refractivity contribution in [2.45, 2.75) is 37.5 Å². The van der Waals surface area contributed by atoms with Gasteiger partial charge in [0.05, 0.1) is 5.56 Å². The number of carbonyl (C=O) groups is 2. The minimum atomic E-state index is -4.57. The van der Waals surface area contributed by atoms with Crippen molar-refractivity contribution >= 4 is 23.2 Å². The number of anilines is 2. The third-order valence-electron chi connectivity index (χ3n) is 6.06. The molecule has 1 fully saturated rings. The zero-order valence-electron chi connectivity index (χ0n) is 17.1. The number of amides is 2. The Hall–Kier alpha value is -3.30. The van der Waals surface area contributed by atoms with E-state index >= 15 is 0 Å². The number of hydrogen-bond acceptors (Lipinski definition) is 4. The lowest BCUT2D eigenvalue weighted by atomic mass is 9.78. The second-order valence-electron chi connectivity index (χ2n) is 8.26. The number of hydrogen-bond donors (Lipinski definition) is 3. The Morgan fingerprint density at radius 3 is 2.56 bits per heavy atom. The van der Waals surface area contributed by atoms with Crippen LogP contribution in [0.15, 0.2) is 36.4 Å². The molecule has 2 aliphatic heterocycles. The van der Waals surface area contributed by atoms with Crippen molar-refractivity contribution in [3.05, 3.63) is 58.9 Å². The number of urea groups is 1. The van der Waals surface area contributed by atoms with Gasteiger partial charge in [0.2, 0.25) is 0 Å². The monoisotopic (exact) mass is 450 g/mol. The molecule has 0 saturated carbocycles. The Kier molecular flexibility index (Phi) is 5.47. The maximum atomic E-state index is 13.4. The minimum absolute atomic E-state index is 0.0699. The Labute approximate surface area is 181 Å². The van der Waals surface area contributed by atoms with E-state index in [4.69, 9.17) is 5.73 Å². The van der Waals surface area contributed by atoms with E-state index in [0.717, 1.165) is 6.07 Å². The maximum absolute atomic E-state index is 13.4. The van der Waals surface area contributed by atoms with Crippen molar-refractivity contribution in [2.75, 3.05) is 24.1 Å². The van der Waals surface area contributed by atoms with E-state index in [1.54, 1.807) is 11.0 Å². The molecular formula is C22H22F4N4O2. The zero-order chi connectivity index (χ0) is 23.1. The largest absolute Gasteiger partial charge is 0.418 e. The number of likely N-dealkylation sites (tertiary alicyclic amines) is 1. The zero-order valence-corrected chi connectivity index (χ0v) is 17.1. The molecule has 0 aromatic heterocycles. The number of rotatable bonds is 2. The van der Waals surface area contributed by atoms with E-state index in [-0.39, 0.29) is 30.0 Å². The number of fused-ring (bicyclic) bond motifs is 1. The van der Waals surface area contributed by atoms with E-state index in [1.165, 1.54) is 24.3 Å². The average molecular weight is 450 g/mol. The highest BCUT2D eigenvalue weighted by atomic mass is 19.4. The van der Waals surface area contributed by atoms with Gasteiger partial charge in [0.25, 0.3) is 0 Å². The highest BCUT2D eigenvalue weighted by molar-refractivity contribution is 6.04. The second-order valence-corrected chi connectivity index (χ2v) is 8.26. The molecule has 170 valence electrons. The molecule has 0 bridgehead atoms. The van der Waals surface area contributed by atoms with Crippen LogP contribution in [0.4, 0.5) is 33.7 Å². The first-order valence-electron chi connectivity index (χ1n) is 10.2. The number of nitrogens with zero attached hydrogens (tertiary/aromatic N) is 1. The van der Waals surface area contributed by atoms with Gasteiger partial charge < -0.3 is 21.3 Å². The van der Waals surface area contributed by atoms with E-state index in [2.05, 4.69) is 10.6 Å². The Morgan fingerprint density at radius 1 is 1.16 bits per heavy atom. The summed E-state index contributed by atoms with van der Waals surface area (Å²) < 4.78 is 52.5. The topological polar surface area (TPSA) is 87.5 Å². The molecule has 1 saturated heterocycles. The molecule has 2 aromatic rings. The van der Waals surface area contributed by atoms with Crippen LogP contribution in [-0.4, -0.2) is 35.3 Å². The third kappa shape index (κ3) is 4.35. The molecular weight excluding hydrogens is 428 g/mol. The van der Waals surface area contributed by atoms with Crippen LogP contribution in [0.25, 0.3) is 0 Å². The molecule has 2 aromatic carbocycles. The molecule has 2 amide bonds. The van der Waals surface area contributed by atoms with Crippen LogP contribution >= 0.6 is 0 Å². The van der Waals surface area contributed by atoms with Crippen LogP contribution in [-0.2, 0) is 12.7 Å². The van der Waals surface area contributed by atoms with Gasteiger partial charge in [0.15, 0.2) is 5.78 Å². The number of Topliss-reactive ketones (excluding diaryl/α,β-unsaturated/α-hetero) is 1. The van der Waals surface area contributed by atoms with Crippen LogP contribution in [0.2, 0.25) is 0 Å². The van der Waals surface area contributed by atoms with Crippen LogP contribution in [0.1, 0.15) is 40.7 Å². The summed E-state index contributed by atoms with van der Waals surface area (Å²) in [6.07, 6.45) is -3.32. The van der Waals surface area contributed by atoms with Crippen LogP contribution < -0.4 is 16.4 Å². The summed E-state index contributed by atoms with van der Waals surface area (Å²) in [7, 11) is 0. The van der Waals surface area contributed by atoms with Crippen LogP contribution in [0.3, 0.4) is 0 Å². The quantitative estimate of drug-likeness (QED) is 0.474. The Morgan fingerprint density at radius 2 is 1.88 bits per heavy atom. The number of alkyl halides is 3. The van der Waals surface area contributed by atoms with Crippen LogP contribution in [0.5, 0.6) is 0 Å². The van der Waals surface area contributed by atoms with Crippen molar-refractivity contribution in [3.8, 4) is 0 Å². The summed E-state index contributed by atoms with van der Waals surface area (Å²) in [5.41, 5.74) is 4.80. The summed E-state index contributed by atoms with van der Waals surface area (Å²) >= 11 is 0. The van der Waals surface area contributed by atoms with Crippen molar-refractivity contribution in [3.63, 3.8) is 0 Å². The van der Waals surface area contributed by atoms with Gasteiger partial charge in [-0.25, -0.2) is 9.18 Å². The molecule has 0 aliphatic carbocycles. The van der Waals surface area contributed by atoms with Crippen molar-refractivity contribution < 1.29 is 27.2 Å². The molecule has 32 heavy (non-hydrogen) atoms. The fraction of sp³-hybridized carbons (Fsp3) is 0.364. The Bertz CT molecular complexity index is 1060. The lowest BCUT2D eigenvalue weighted by Crippen LogP contribution is -2.55. The van der Waals surface area contributed by atoms with Gasteiger partial charge >= 0.3 is 12.2 Å². The van der Waals surface area contributed by atoms with Gasteiger partial charge in [-0.15, -0.1) is 0 Å². The van der Waals surface area contributed by atoms with Gasteiger partial charge in [-0.1, -0.05) is 6.07 Å². The first-order chi connectivity index (χ1) is 15.1. The minimum Gasteiger partial charge on any atom is -0.398 e. The molecule has 0 radical (unpaired) electrons. The van der Waals surface area contributed by atoms with Gasteiger partial charge in [-0.05, 0) is 48.7 Å². The van der Waals surface area contributed by atoms with Gasteiger partial charge in [0.1, 0.15) is 5.82 Å². The summed E-state index contributed by atoms with van der Waals surface area (Å²) in [6, 6.07) is 7.21. The van der Waals surface area contributed by atoms with Gasteiger partial charge in [0, 0.05) is 48.5 Å². The molecule has 4 N–H and O–H groups in total. The van der Waals surface area contributed by atoms with Crippen molar-refractivity contribution in [2.24, 2.45) is 0 Å². The first kappa shape index (κ1) is 21.9. The van der Waals surface area contributed by atoms with E-state index in [1.807, 2.05) is 0 Å². The van der Waals surface area contributed by atoms with Crippen LogP contribution in [0, 0.1) is 5.82 Å². The maximum Gasteiger partial charge on any atom is 0.418 e. The molecule has 4 rings (SSSR count). The van der Waals surface area contributed by atoms with Gasteiger partial charge in [-0.2, -0.15) is 13.2 Å². The average Bonchev–Trinajstić information content (AvgIpc) is 2.73. The number of piperidine rings is 1. The SMILES string of the molecule is Nc1ccc(CNC(=O)N2CCC3(CC2)CC(=O)c2cc(F)ccc2N3)cc1C(F)(F)F. The highest BCUT2D eigenvalue weighted by Crippen LogP contribution is 2.38. The molecule has 2 aliphatic rings. The fourth-order valence-electron chi connectivity index (χ4n) is 4.28. The molecule has 0 unspecified atom stereocenters. The number of halogens is 4. The number of nitrogens with one attached hydrogen (secondary N) is 2. The van der Waals surface area contributed by atoms with E-state index < -0.39 is 29.1 Å². The van der Waals surface area contributed by atoms with E-state index in [9.17, 15) is 27.2 Å². The molecule has 1 spiro atoms. The molecule has 2 heterocycles. The molecule has 10 heteroatoms. The lowest BCUT2D eigenvalue weighted by molar-refractivity contribution is -0.136. The van der Waals surface area contributed by atoms with Crippen molar-refractivity contribution in [1.29, 1.82) is 0 Å². The predicted octanol–water partition coefficient (Wildman–Crippen LogP) is 4.17. The summed E-state index contributed by atoms with van der Waals surface area (Å²) in [6.45, 7) is 0.676. The summed E-state index contributed by atoms with van der Waals surface area (Å²) in [5, 5.41) is 5.99.